The number of carbonyl (C=O) groups is 2. The molecule has 1 aromatic heterocycles. The molecule has 0 unspecified atom stereocenters. The van der Waals surface area contributed by atoms with E-state index in [2.05, 4.69) is 21.4 Å². The van der Waals surface area contributed by atoms with E-state index in [1.165, 1.54) is 18.5 Å². The smallest absolute Gasteiger partial charge is 0.342 e. The molecule has 1 fully saturated rings. The standard InChI is InChI=1S/C25H28N4O3/c1-17-15-21(28-13-7-8-14-28)11-12-22(17)26-23(30)16-32-25(31)24-18(2)27-29(19(24)3)20-9-5-4-6-10-20/h4-6,9-12,15H,7-8,13-14,16H2,1-3H3,(H,26,30). The van der Waals surface area contributed by atoms with Gasteiger partial charge in [-0.05, 0) is 69.5 Å². The van der Waals surface area contributed by atoms with E-state index < -0.39 is 5.97 Å². The zero-order valence-corrected chi connectivity index (χ0v) is 18.7. The maximum atomic E-state index is 12.7. The molecule has 0 spiro atoms. The van der Waals surface area contributed by atoms with Crippen LogP contribution in [0.4, 0.5) is 11.4 Å². The summed E-state index contributed by atoms with van der Waals surface area (Å²) < 4.78 is 7.01. The van der Waals surface area contributed by atoms with Crippen LogP contribution in [0.2, 0.25) is 0 Å². The molecule has 1 aliphatic rings. The molecule has 166 valence electrons. The number of benzene rings is 2. The minimum atomic E-state index is -0.557. The number of aryl methyl sites for hydroxylation is 2. The SMILES string of the molecule is Cc1cc(N2CCCC2)ccc1NC(=O)COC(=O)c1c(C)nn(-c2ccccc2)c1C. The number of rotatable bonds is 6. The fourth-order valence-corrected chi connectivity index (χ4v) is 4.11. The Kier molecular flexibility index (Phi) is 6.25. The number of esters is 1. The highest BCUT2D eigenvalue weighted by molar-refractivity contribution is 5.97. The Morgan fingerprint density at radius 3 is 2.41 bits per heavy atom. The van der Waals surface area contributed by atoms with Gasteiger partial charge < -0.3 is 15.0 Å². The number of nitrogens with zero attached hydrogens (tertiary/aromatic N) is 3. The molecular weight excluding hydrogens is 404 g/mol. The van der Waals surface area contributed by atoms with E-state index in [0.717, 1.165) is 30.0 Å². The molecule has 7 heteroatoms. The average Bonchev–Trinajstić information content (AvgIpc) is 3.42. The first-order chi connectivity index (χ1) is 15.4. The van der Waals surface area contributed by atoms with Crippen molar-refractivity contribution in [3.05, 3.63) is 71.0 Å². The van der Waals surface area contributed by atoms with Gasteiger partial charge in [-0.15, -0.1) is 0 Å². The van der Waals surface area contributed by atoms with Gasteiger partial charge in [0.05, 0.1) is 17.1 Å². The molecule has 1 saturated heterocycles. The maximum absolute atomic E-state index is 12.7. The van der Waals surface area contributed by atoms with Gasteiger partial charge in [0.25, 0.3) is 5.91 Å². The van der Waals surface area contributed by atoms with E-state index in [4.69, 9.17) is 4.74 Å². The van der Waals surface area contributed by atoms with Crippen LogP contribution in [0.5, 0.6) is 0 Å². The predicted octanol–water partition coefficient (Wildman–Crippen LogP) is 4.19. The highest BCUT2D eigenvalue weighted by Crippen LogP contribution is 2.25. The number of ether oxygens (including phenoxy) is 1. The number of para-hydroxylation sites is 1. The summed E-state index contributed by atoms with van der Waals surface area (Å²) in [7, 11) is 0. The van der Waals surface area contributed by atoms with Gasteiger partial charge >= 0.3 is 5.97 Å². The summed E-state index contributed by atoms with van der Waals surface area (Å²) in [4.78, 5) is 27.5. The number of anilines is 2. The molecule has 2 heterocycles. The first-order valence-electron chi connectivity index (χ1n) is 10.9. The van der Waals surface area contributed by atoms with Crippen molar-refractivity contribution in [1.29, 1.82) is 0 Å². The summed E-state index contributed by atoms with van der Waals surface area (Å²) in [5, 5.41) is 7.30. The van der Waals surface area contributed by atoms with E-state index in [1.807, 2.05) is 56.3 Å². The third-order valence-corrected chi connectivity index (χ3v) is 5.79. The Bertz CT molecular complexity index is 1130. The zero-order chi connectivity index (χ0) is 22.7. The Hall–Kier alpha value is -3.61. The summed E-state index contributed by atoms with van der Waals surface area (Å²) in [6, 6.07) is 15.6. The van der Waals surface area contributed by atoms with Crippen LogP contribution in [0, 0.1) is 20.8 Å². The highest BCUT2D eigenvalue weighted by Gasteiger charge is 2.22. The Morgan fingerprint density at radius 1 is 1.00 bits per heavy atom. The predicted molar refractivity (Wildman–Crippen MR) is 125 cm³/mol. The summed E-state index contributed by atoms with van der Waals surface area (Å²) in [6.45, 7) is 7.32. The summed E-state index contributed by atoms with van der Waals surface area (Å²) >= 11 is 0. The van der Waals surface area contributed by atoms with E-state index in [0.29, 0.717) is 17.0 Å². The molecule has 1 amide bonds. The monoisotopic (exact) mass is 432 g/mol. The first-order valence-corrected chi connectivity index (χ1v) is 10.9. The van der Waals surface area contributed by atoms with Crippen molar-refractivity contribution in [2.45, 2.75) is 33.6 Å². The molecular formula is C25H28N4O3. The van der Waals surface area contributed by atoms with Crippen LogP contribution in [-0.4, -0.2) is 41.4 Å². The second-order valence-corrected chi connectivity index (χ2v) is 8.11. The number of nitrogens with one attached hydrogen (secondary N) is 1. The molecule has 7 nitrogen and oxygen atoms in total. The van der Waals surface area contributed by atoms with Crippen LogP contribution in [0.1, 0.15) is 40.2 Å². The third-order valence-electron chi connectivity index (χ3n) is 5.79. The minimum absolute atomic E-state index is 0.360. The van der Waals surface area contributed by atoms with Gasteiger partial charge in [0.2, 0.25) is 0 Å². The lowest BCUT2D eigenvalue weighted by Crippen LogP contribution is -2.22. The molecule has 0 radical (unpaired) electrons. The molecule has 0 aliphatic carbocycles. The van der Waals surface area contributed by atoms with Gasteiger partial charge in [-0.1, -0.05) is 18.2 Å². The minimum Gasteiger partial charge on any atom is -0.452 e. The van der Waals surface area contributed by atoms with Crippen molar-refractivity contribution in [1.82, 2.24) is 9.78 Å². The second-order valence-electron chi connectivity index (χ2n) is 8.11. The zero-order valence-electron chi connectivity index (χ0n) is 18.7. The molecule has 0 saturated carbocycles. The second kappa shape index (κ2) is 9.26. The number of hydrogen-bond acceptors (Lipinski definition) is 5. The van der Waals surface area contributed by atoms with Crippen LogP contribution < -0.4 is 10.2 Å². The van der Waals surface area contributed by atoms with Crippen LogP contribution >= 0.6 is 0 Å². The molecule has 32 heavy (non-hydrogen) atoms. The van der Waals surface area contributed by atoms with E-state index in [9.17, 15) is 9.59 Å². The van der Waals surface area contributed by atoms with Gasteiger partial charge in [0.1, 0.15) is 5.56 Å². The van der Waals surface area contributed by atoms with E-state index in [1.54, 1.807) is 11.6 Å². The normalized spacial score (nSPS) is 13.3. The van der Waals surface area contributed by atoms with Gasteiger partial charge in [0, 0.05) is 24.5 Å². The number of amides is 1. The van der Waals surface area contributed by atoms with Crippen molar-refractivity contribution in [3.8, 4) is 5.69 Å². The quantitative estimate of drug-likeness (QED) is 0.591. The maximum Gasteiger partial charge on any atom is 0.342 e. The van der Waals surface area contributed by atoms with Crippen molar-refractivity contribution >= 4 is 23.3 Å². The van der Waals surface area contributed by atoms with Crippen molar-refractivity contribution in [2.24, 2.45) is 0 Å². The Balaban J connectivity index is 1.38. The first kappa shape index (κ1) is 21.6. The van der Waals surface area contributed by atoms with Crippen LogP contribution in [0.15, 0.2) is 48.5 Å². The molecule has 1 N–H and O–H groups in total. The summed E-state index contributed by atoms with van der Waals surface area (Å²) in [5.74, 6) is -0.931. The molecule has 1 aliphatic heterocycles. The van der Waals surface area contributed by atoms with Crippen molar-refractivity contribution in [3.63, 3.8) is 0 Å². The number of aromatic nitrogens is 2. The lowest BCUT2D eigenvalue weighted by molar-refractivity contribution is -0.119. The van der Waals surface area contributed by atoms with Gasteiger partial charge in [0.15, 0.2) is 6.61 Å². The lowest BCUT2D eigenvalue weighted by atomic mass is 10.1. The average molecular weight is 433 g/mol. The summed E-state index contributed by atoms with van der Waals surface area (Å²) in [6.07, 6.45) is 2.43. The fourth-order valence-electron chi connectivity index (χ4n) is 4.11. The van der Waals surface area contributed by atoms with Crippen molar-refractivity contribution < 1.29 is 14.3 Å². The highest BCUT2D eigenvalue weighted by atomic mass is 16.5. The number of carbonyl (C=O) groups excluding carboxylic acids is 2. The largest absolute Gasteiger partial charge is 0.452 e. The Labute approximate surface area is 188 Å². The molecule has 3 aromatic rings. The van der Waals surface area contributed by atoms with E-state index >= 15 is 0 Å². The topological polar surface area (TPSA) is 76.5 Å². The van der Waals surface area contributed by atoms with Crippen LogP contribution in [0.3, 0.4) is 0 Å². The summed E-state index contributed by atoms with van der Waals surface area (Å²) in [5.41, 5.74) is 5.34. The molecule has 4 rings (SSSR count). The van der Waals surface area contributed by atoms with Crippen LogP contribution in [-0.2, 0) is 9.53 Å². The van der Waals surface area contributed by atoms with Gasteiger partial charge in [-0.3, -0.25) is 4.79 Å². The Morgan fingerprint density at radius 2 is 1.72 bits per heavy atom. The lowest BCUT2D eigenvalue weighted by Gasteiger charge is -2.19. The number of hydrogen-bond donors (Lipinski definition) is 1. The van der Waals surface area contributed by atoms with Crippen LogP contribution in [0.25, 0.3) is 5.69 Å². The van der Waals surface area contributed by atoms with Gasteiger partial charge in [-0.25, -0.2) is 9.48 Å². The third kappa shape index (κ3) is 4.51. The molecule has 0 bridgehead atoms. The molecule has 2 aromatic carbocycles. The van der Waals surface area contributed by atoms with Gasteiger partial charge in [-0.2, -0.15) is 5.10 Å². The van der Waals surface area contributed by atoms with E-state index in [-0.39, 0.29) is 12.5 Å². The van der Waals surface area contributed by atoms with Crippen molar-refractivity contribution in [2.75, 3.05) is 29.9 Å². The fraction of sp³-hybridized carbons (Fsp3) is 0.320. The molecule has 0 atom stereocenters.